The average molecular weight is 270 g/mol. The summed E-state index contributed by atoms with van der Waals surface area (Å²) in [5, 5.41) is 8.88. The van der Waals surface area contributed by atoms with Crippen molar-refractivity contribution in [2.24, 2.45) is 5.73 Å². The van der Waals surface area contributed by atoms with Gasteiger partial charge in [0.25, 0.3) is 0 Å². The summed E-state index contributed by atoms with van der Waals surface area (Å²) in [7, 11) is 0. The lowest BCUT2D eigenvalue weighted by molar-refractivity contribution is 0.733. The Balaban J connectivity index is 2.61. The number of pyridine rings is 1. The fourth-order valence-corrected chi connectivity index (χ4v) is 2.44. The highest BCUT2D eigenvalue weighted by Crippen LogP contribution is 2.29. The minimum absolute atomic E-state index is 0.0770. The summed E-state index contributed by atoms with van der Waals surface area (Å²) < 4.78 is 0. The Morgan fingerprint density at radius 2 is 2.05 bits per heavy atom. The second-order valence-corrected chi connectivity index (χ2v) is 4.88. The smallest absolute Gasteiger partial charge is 0.126 e. The standard InChI is InChI=1S/C16H22N4/c1-3-5-10-20(4-2)15-12-8-6-7-9-14(12)19-11-13(15)16(17)18/h6-9,11H,3-5,10H2,1-2H3,(H3,17,18). The van der Waals surface area contributed by atoms with Crippen molar-refractivity contribution in [2.45, 2.75) is 26.7 Å². The van der Waals surface area contributed by atoms with Gasteiger partial charge in [-0.25, -0.2) is 0 Å². The summed E-state index contributed by atoms with van der Waals surface area (Å²) in [6.45, 7) is 6.19. The zero-order chi connectivity index (χ0) is 14.5. The highest BCUT2D eigenvalue weighted by molar-refractivity contribution is 6.07. The van der Waals surface area contributed by atoms with E-state index < -0.39 is 0 Å². The van der Waals surface area contributed by atoms with Gasteiger partial charge in [-0.1, -0.05) is 31.5 Å². The van der Waals surface area contributed by atoms with E-state index in [1.807, 2.05) is 18.2 Å². The van der Waals surface area contributed by atoms with Crippen LogP contribution in [0.25, 0.3) is 10.9 Å². The van der Waals surface area contributed by atoms with Gasteiger partial charge < -0.3 is 10.6 Å². The molecule has 0 aliphatic carbocycles. The van der Waals surface area contributed by atoms with E-state index in [1.165, 1.54) is 0 Å². The molecule has 20 heavy (non-hydrogen) atoms. The Kier molecular flexibility index (Phi) is 4.56. The van der Waals surface area contributed by atoms with Gasteiger partial charge in [-0.05, 0) is 19.4 Å². The summed E-state index contributed by atoms with van der Waals surface area (Å²) in [6.07, 6.45) is 3.99. The Morgan fingerprint density at radius 3 is 2.70 bits per heavy atom. The number of nitrogen functional groups attached to an aromatic ring is 1. The van der Waals surface area contributed by atoms with Gasteiger partial charge in [0.05, 0.1) is 16.8 Å². The summed E-state index contributed by atoms with van der Waals surface area (Å²) >= 11 is 0. The van der Waals surface area contributed by atoms with Gasteiger partial charge in [0, 0.05) is 24.7 Å². The van der Waals surface area contributed by atoms with Gasteiger partial charge in [-0.2, -0.15) is 0 Å². The Labute approximate surface area is 120 Å². The van der Waals surface area contributed by atoms with Crippen LogP contribution >= 0.6 is 0 Å². The van der Waals surface area contributed by atoms with Crippen LogP contribution in [0.3, 0.4) is 0 Å². The van der Waals surface area contributed by atoms with Gasteiger partial charge in [-0.3, -0.25) is 10.4 Å². The molecule has 0 aliphatic rings. The molecule has 0 saturated carbocycles. The molecule has 0 spiro atoms. The van der Waals surface area contributed by atoms with E-state index >= 15 is 0 Å². The van der Waals surface area contributed by atoms with Crippen LogP contribution in [0.1, 0.15) is 32.3 Å². The van der Waals surface area contributed by atoms with Crippen LogP contribution in [0.2, 0.25) is 0 Å². The zero-order valence-electron chi connectivity index (χ0n) is 12.2. The first kappa shape index (κ1) is 14.3. The normalized spacial score (nSPS) is 10.7. The monoisotopic (exact) mass is 270 g/mol. The maximum Gasteiger partial charge on any atom is 0.126 e. The highest BCUT2D eigenvalue weighted by Gasteiger charge is 2.16. The van der Waals surface area contributed by atoms with Crippen LogP contribution in [0.4, 0.5) is 5.69 Å². The number of anilines is 1. The first-order valence-corrected chi connectivity index (χ1v) is 7.16. The van der Waals surface area contributed by atoms with E-state index in [2.05, 4.69) is 29.8 Å². The Morgan fingerprint density at radius 1 is 1.30 bits per heavy atom. The third-order valence-electron chi connectivity index (χ3n) is 3.52. The van der Waals surface area contributed by atoms with Crippen LogP contribution in [-0.2, 0) is 0 Å². The van der Waals surface area contributed by atoms with Crippen molar-refractivity contribution in [1.29, 1.82) is 5.41 Å². The highest BCUT2D eigenvalue weighted by atomic mass is 15.1. The van der Waals surface area contributed by atoms with E-state index in [0.29, 0.717) is 0 Å². The van der Waals surface area contributed by atoms with Crippen molar-refractivity contribution >= 4 is 22.4 Å². The SMILES string of the molecule is CCCCN(CC)c1c(C(=N)N)cnc2ccccc12. The molecule has 106 valence electrons. The molecule has 0 bridgehead atoms. The number of aromatic nitrogens is 1. The fourth-order valence-electron chi connectivity index (χ4n) is 2.44. The number of amidine groups is 1. The maximum atomic E-state index is 7.81. The molecule has 0 unspecified atom stereocenters. The second kappa shape index (κ2) is 6.37. The molecular weight excluding hydrogens is 248 g/mol. The van der Waals surface area contributed by atoms with E-state index in [9.17, 15) is 0 Å². The van der Waals surface area contributed by atoms with Gasteiger partial charge in [0.1, 0.15) is 5.84 Å². The van der Waals surface area contributed by atoms with Crippen molar-refractivity contribution in [2.75, 3.05) is 18.0 Å². The molecule has 0 saturated heterocycles. The van der Waals surface area contributed by atoms with Crippen LogP contribution in [-0.4, -0.2) is 23.9 Å². The number of fused-ring (bicyclic) bond motifs is 1. The van der Waals surface area contributed by atoms with Crippen molar-refractivity contribution in [3.8, 4) is 0 Å². The number of para-hydroxylation sites is 1. The van der Waals surface area contributed by atoms with Crippen LogP contribution in [0.15, 0.2) is 30.5 Å². The van der Waals surface area contributed by atoms with Gasteiger partial charge in [0.15, 0.2) is 0 Å². The molecule has 3 N–H and O–H groups in total. The lowest BCUT2D eigenvalue weighted by Crippen LogP contribution is -2.27. The van der Waals surface area contributed by atoms with Crippen molar-refractivity contribution in [3.63, 3.8) is 0 Å². The lowest BCUT2D eigenvalue weighted by atomic mass is 10.1. The molecule has 0 amide bonds. The van der Waals surface area contributed by atoms with E-state index in [1.54, 1.807) is 6.20 Å². The largest absolute Gasteiger partial charge is 0.384 e. The van der Waals surface area contributed by atoms with Gasteiger partial charge in [0.2, 0.25) is 0 Å². The summed E-state index contributed by atoms with van der Waals surface area (Å²) in [5.74, 6) is 0.0770. The summed E-state index contributed by atoms with van der Waals surface area (Å²) in [4.78, 5) is 6.71. The minimum Gasteiger partial charge on any atom is -0.384 e. The quantitative estimate of drug-likeness (QED) is 0.626. The number of nitrogens with two attached hydrogens (primary N) is 1. The first-order chi connectivity index (χ1) is 9.69. The Bertz CT molecular complexity index is 606. The summed E-state index contributed by atoms with van der Waals surface area (Å²) in [5.41, 5.74) is 8.45. The number of hydrogen-bond acceptors (Lipinski definition) is 3. The third-order valence-corrected chi connectivity index (χ3v) is 3.52. The molecule has 0 fully saturated rings. The molecular formula is C16H22N4. The third kappa shape index (κ3) is 2.74. The molecule has 1 aromatic carbocycles. The van der Waals surface area contributed by atoms with Crippen LogP contribution in [0, 0.1) is 5.41 Å². The van der Waals surface area contributed by atoms with Crippen molar-refractivity contribution < 1.29 is 0 Å². The van der Waals surface area contributed by atoms with E-state index in [-0.39, 0.29) is 5.84 Å². The first-order valence-electron chi connectivity index (χ1n) is 7.16. The second-order valence-electron chi connectivity index (χ2n) is 4.88. The molecule has 1 aromatic heterocycles. The molecule has 4 nitrogen and oxygen atoms in total. The number of nitrogens with zero attached hydrogens (tertiary/aromatic N) is 2. The molecule has 0 aliphatic heterocycles. The molecule has 0 atom stereocenters. The number of nitrogens with one attached hydrogen (secondary N) is 1. The fraction of sp³-hybridized carbons (Fsp3) is 0.375. The topological polar surface area (TPSA) is 66.0 Å². The van der Waals surface area contributed by atoms with Gasteiger partial charge >= 0.3 is 0 Å². The Hall–Kier alpha value is -2.10. The number of rotatable bonds is 6. The average Bonchev–Trinajstić information content (AvgIpc) is 2.47. The maximum absolute atomic E-state index is 7.81. The zero-order valence-corrected chi connectivity index (χ0v) is 12.2. The number of benzene rings is 1. The van der Waals surface area contributed by atoms with Crippen molar-refractivity contribution in [1.82, 2.24) is 4.98 Å². The number of unbranched alkanes of at least 4 members (excludes halogenated alkanes) is 1. The molecule has 0 radical (unpaired) electrons. The van der Waals surface area contributed by atoms with E-state index in [4.69, 9.17) is 11.1 Å². The molecule has 1 heterocycles. The van der Waals surface area contributed by atoms with Gasteiger partial charge in [-0.15, -0.1) is 0 Å². The lowest BCUT2D eigenvalue weighted by Gasteiger charge is -2.26. The van der Waals surface area contributed by atoms with Crippen LogP contribution in [0.5, 0.6) is 0 Å². The predicted molar refractivity (Wildman–Crippen MR) is 85.6 cm³/mol. The van der Waals surface area contributed by atoms with Crippen LogP contribution < -0.4 is 10.6 Å². The number of hydrogen-bond donors (Lipinski definition) is 2. The van der Waals surface area contributed by atoms with Crippen molar-refractivity contribution in [3.05, 3.63) is 36.0 Å². The molecule has 4 heteroatoms. The minimum atomic E-state index is 0.0770. The predicted octanol–water partition coefficient (Wildman–Crippen LogP) is 3.15. The summed E-state index contributed by atoms with van der Waals surface area (Å²) in [6, 6.07) is 8.04. The molecule has 2 rings (SSSR count). The molecule has 2 aromatic rings. The van der Waals surface area contributed by atoms with E-state index in [0.717, 1.165) is 48.1 Å².